The number of amides is 3. The van der Waals surface area contributed by atoms with Gasteiger partial charge in [0.15, 0.2) is 0 Å². The van der Waals surface area contributed by atoms with Crippen LogP contribution >= 0.6 is 23.2 Å². The van der Waals surface area contributed by atoms with Gasteiger partial charge in [0.2, 0.25) is 0 Å². The topological polar surface area (TPSA) is 103 Å². The van der Waals surface area contributed by atoms with E-state index in [1.807, 2.05) is 51.2 Å². The molecule has 0 aromatic heterocycles. The van der Waals surface area contributed by atoms with Gasteiger partial charge in [0, 0.05) is 43.5 Å². The minimum absolute atomic E-state index is 0.0756. The van der Waals surface area contributed by atoms with Gasteiger partial charge < -0.3 is 30.1 Å². The van der Waals surface area contributed by atoms with Gasteiger partial charge in [0.25, 0.3) is 5.91 Å². The lowest BCUT2D eigenvalue weighted by Crippen LogP contribution is -2.47. The number of rotatable bonds is 8. The maximum Gasteiger partial charge on any atom is 0.323 e. The number of anilines is 2. The number of nitrogens with zero attached hydrogens (tertiary/aromatic N) is 2. The van der Waals surface area contributed by atoms with Gasteiger partial charge in [0.1, 0.15) is 5.75 Å². The van der Waals surface area contributed by atoms with Crippen LogP contribution in [0, 0.1) is 5.92 Å². The monoisotopic (exact) mass is 684 g/mol. The van der Waals surface area contributed by atoms with Crippen LogP contribution in [-0.4, -0.2) is 78.4 Å². The van der Waals surface area contributed by atoms with E-state index < -0.39 is 12.1 Å². The van der Waals surface area contributed by atoms with Crippen molar-refractivity contribution in [1.82, 2.24) is 9.80 Å². The highest BCUT2D eigenvalue weighted by Crippen LogP contribution is 2.29. The van der Waals surface area contributed by atoms with E-state index in [9.17, 15) is 14.7 Å². The van der Waals surface area contributed by atoms with Crippen LogP contribution in [0.3, 0.4) is 0 Å². The Kier molecular flexibility index (Phi) is 13.8. The van der Waals surface area contributed by atoms with E-state index in [0.717, 1.165) is 24.8 Å². The lowest BCUT2D eigenvalue weighted by molar-refractivity contribution is -0.0177. The van der Waals surface area contributed by atoms with Gasteiger partial charge in [-0.25, -0.2) is 4.79 Å². The number of aliphatic hydroxyl groups excluding tert-OH is 1. The number of nitrogens with one attached hydrogen (secondary N) is 2. The Bertz CT molecular complexity index is 1480. The number of para-hydroxylation sites is 1. The quantitative estimate of drug-likeness (QED) is 0.226. The van der Waals surface area contributed by atoms with Crippen molar-refractivity contribution in [2.24, 2.45) is 5.92 Å². The third kappa shape index (κ3) is 10.8. The number of ether oxygens (including phenoxy) is 2. The second-order valence-corrected chi connectivity index (χ2v) is 13.2. The number of fused-ring (bicyclic) bond motifs is 1. The molecule has 0 saturated heterocycles. The van der Waals surface area contributed by atoms with Crippen molar-refractivity contribution in [3.8, 4) is 5.75 Å². The van der Waals surface area contributed by atoms with Gasteiger partial charge in [-0.1, -0.05) is 54.4 Å². The van der Waals surface area contributed by atoms with Gasteiger partial charge >= 0.3 is 6.03 Å². The van der Waals surface area contributed by atoms with Crippen LogP contribution in [0.15, 0.2) is 66.7 Å². The zero-order chi connectivity index (χ0) is 33.9. The third-order valence-corrected chi connectivity index (χ3v) is 9.01. The summed E-state index contributed by atoms with van der Waals surface area (Å²) in [5, 5.41) is 16.9. The van der Waals surface area contributed by atoms with Crippen LogP contribution in [0.4, 0.5) is 16.2 Å². The van der Waals surface area contributed by atoms with Gasteiger partial charge in [-0.3, -0.25) is 9.69 Å². The van der Waals surface area contributed by atoms with E-state index in [4.69, 9.17) is 32.7 Å². The molecular formula is C36H46Cl2N4O5. The average Bonchev–Trinajstić information content (AvgIpc) is 3.04. The summed E-state index contributed by atoms with van der Waals surface area (Å²) in [7, 11) is 2.03. The standard InChI is InChI=1S/C36H46Cl2N4O5/c1-24-20-42(25(2)23-43)35(44)30-19-29(40-36(45)39-28-11-6-5-7-12-28)14-16-33(30)47-26(3)10-8-9-17-46-34(24)22-41(4)21-27-13-15-31(37)32(38)18-27/h5-7,11-16,18-19,24-26,34,43H,8-10,17,20-23H2,1-4H3,(H2,39,40,45)/t24-,25+,26-,34+/m0/s1. The van der Waals surface area contributed by atoms with Crippen molar-refractivity contribution in [2.75, 3.05) is 44.0 Å². The molecule has 3 amide bonds. The SMILES string of the molecule is C[C@H](CO)N1C[C@H](C)[C@@H](CN(C)Cc2ccc(Cl)c(Cl)c2)OCCCC[C@H](C)Oc2ccc(NC(=O)Nc3ccccc3)cc2C1=O. The van der Waals surface area contributed by atoms with Crippen LogP contribution in [-0.2, 0) is 11.3 Å². The summed E-state index contributed by atoms with van der Waals surface area (Å²) in [6, 6.07) is 18.9. The summed E-state index contributed by atoms with van der Waals surface area (Å²) in [4.78, 5) is 31.0. The molecule has 3 aromatic rings. The van der Waals surface area contributed by atoms with E-state index in [2.05, 4.69) is 22.5 Å². The van der Waals surface area contributed by atoms with Crippen LogP contribution in [0.5, 0.6) is 5.75 Å². The lowest BCUT2D eigenvalue weighted by atomic mass is 10.0. The number of carbonyl (C=O) groups is 2. The molecule has 1 aliphatic heterocycles. The van der Waals surface area contributed by atoms with Crippen LogP contribution in [0.2, 0.25) is 10.0 Å². The smallest absolute Gasteiger partial charge is 0.323 e. The van der Waals surface area contributed by atoms with Crippen molar-refractivity contribution in [3.05, 3.63) is 87.9 Å². The molecule has 0 saturated carbocycles. The molecule has 254 valence electrons. The molecule has 0 spiro atoms. The zero-order valence-corrected chi connectivity index (χ0v) is 29.1. The highest BCUT2D eigenvalue weighted by Gasteiger charge is 2.30. The Labute approximate surface area is 288 Å². The second kappa shape index (κ2) is 17.7. The predicted molar refractivity (Wildman–Crippen MR) is 189 cm³/mol. The summed E-state index contributed by atoms with van der Waals surface area (Å²) >= 11 is 12.4. The number of urea groups is 1. The molecule has 3 aromatic carbocycles. The van der Waals surface area contributed by atoms with Crippen molar-refractivity contribution in [3.63, 3.8) is 0 Å². The number of hydrogen-bond acceptors (Lipinski definition) is 6. The van der Waals surface area contributed by atoms with E-state index in [0.29, 0.717) is 59.0 Å². The first-order valence-electron chi connectivity index (χ1n) is 16.1. The molecule has 0 radical (unpaired) electrons. The molecule has 9 nitrogen and oxygen atoms in total. The summed E-state index contributed by atoms with van der Waals surface area (Å²) < 4.78 is 12.8. The second-order valence-electron chi connectivity index (χ2n) is 12.4. The summed E-state index contributed by atoms with van der Waals surface area (Å²) in [6.45, 7) is 7.85. The molecule has 0 bridgehead atoms. The Balaban J connectivity index is 1.58. The van der Waals surface area contributed by atoms with Crippen molar-refractivity contribution in [2.45, 2.75) is 64.8 Å². The molecule has 47 heavy (non-hydrogen) atoms. The fourth-order valence-electron chi connectivity index (χ4n) is 5.60. The Morgan fingerprint density at radius 2 is 1.77 bits per heavy atom. The first-order chi connectivity index (χ1) is 22.5. The lowest BCUT2D eigenvalue weighted by Gasteiger charge is -2.36. The number of benzene rings is 3. The van der Waals surface area contributed by atoms with E-state index in [-0.39, 0.29) is 30.6 Å². The number of aliphatic hydroxyl groups is 1. The Morgan fingerprint density at radius 1 is 1.02 bits per heavy atom. The number of halogens is 2. The summed E-state index contributed by atoms with van der Waals surface area (Å²) in [6.07, 6.45) is 2.22. The molecule has 11 heteroatoms. The van der Waals surface area contributed by atoms with Crippen molar-refractivity contribution in [1.29, 1.82) is 0 Å². The van der Waals surface area contributed by atoms with Crippen LogP contribution in [0.25, 0.3) is 0 Å². The fraction of sp³-hybridized carbons (Fsp3) is 0.444. The maximum absolute atomic E-state index is 14.3. The van der Waals surface area contributed by atoms with E-state index in [1.165, 1.54) is 0 Å². The normalized spacial score (nSPS) is 20.1. The summed E-state index contributed by atoms with van der Waals surface area (Å²) in [5.41, 5.74) is 2.44. The third-order valence-electron chi connectivity index (χ3n) is 8.27. The predicted octanol–water partition coefficient (Wildman–Crippen LogP) is 7.56. The maximum atomic E-state index is 14.3. The minimum atomic E-state index is -0.476. The van der Waals surface area contributed by atoms with Crippen LogP contribution < -0.4 is 15.4 Å². The van der Waals surface area contributed by atoms with Gasteiger partial charge in [-0.05, 0) is 88.2 Å². The first-order valence-corrected chi connectivity index (χ1v) is 16.9. The van der Waals surface area contributed by atoms with Gasteiger partial charge in [-0.15, -0.1) is 0 Å². The molecule has 0 fully saturated rings. The highest BCUT2D eigenvalue weighted by atomic mass is 35.5. The molecule has 4 atom stereocenters. The van der Waals surface area contributed by atoms with Crippen molar-refractivity contribution < 1.29 is 24.2 Å². The van der Waals surface area contributed by atoms with E-state index >= 15 is 0 Å². The highest BCUT2D eigenvalue weighted by molar-refractivity contribution is 6.42. The molecule has 1 heterocycles. The largest absolute Gasteiger partial charge is 0.490 e. The van der Waals surface area contributed by atoms with Gasteiger partial charge in [-0.2, -0.15) is 0 Å². The van der Waals surface area contributed by atoms with Crippen molar-refractivity contribution >= 4 is 46.5 Å². The Hall–Kier alpha value is -3.34. The van der Waals surface area contributed by atoms with Crippen LogP contribution in [0.1, 0.15) is 56.0 Å². The fourth-order valence-corrected chi connectivity index (χ4v) is 5.92. The summed E-state index contributed by atoms with van der Waals surface area (Å²) in [5.74, 6) is 0.0617. The molecule has 0 unspecified atom stereocenters. The minimum Gasteiger partial charge on any atom is -0.490 e. The molecule has 3 N–H and O–H groups in total. The number of carbonyl (C=O) groups excluding carboxylic acids is 2. The average molecular weight is 686 g/mol. The zero-order valence-electron chi connectivity index (χ0n) is 27.5. The molecular weight excluding hydrogens is 639 g/mol. The Morgan fingerprint density at radius 3 is 2.49 bits per heavy atom. The number of likely N-dealkylation sites (N-methyl/N-ethyl adjacent to an activating group) is 1. The molecule has 1 aliphatic rings. The molecule has 0 aliphatic carbocycles. The first kappa shape index (κ1) is 36.5. The molecule has 4 rings (SSSR count). The number of hydrogen-bond donors (Lipinski definition) is 3. The van der Waals surface area contributed by atoms with Gasteiger partial charge in [0.05, 0.1) is 40.5 Å². The van der Waals surface area contributed by atoms with E-state index in [1.54, 1.807) is 41.3 Å².